The molecule has 14 heavy (non-hydrogen) atoms. The van der Waals surface area contributed by atoms with Gasteiger partial charge < -0.3 is 15.9 Å². The number of aliphatic carboxylic acids is 1. The molecule has 0 bridgehead atoms. The number of hydrogen-bond acceptors (Lipinski definition) is 3. The van der Waals surface area contributed by atoms with Crippen molar-refractivity contribution >= 4 is 5.97 Å². The largest absolute Gasteiger partial charge is 0.505 e. The van der Waals surface area contributed by atoms with Crippen molar-refractivity contribution in [2.45, 2.75) is 12.5 Å². The zero-order valence-electron chi connectivity index (χ0n) is 7.27. The van der Waals surface area contributed by atoms with Gasteiger partial charge in [0.2, 0.25) is 0 Å². The van der Waals surface area contributed by atoms with Crippen molar-refractivity contribution in [1.29, 1.82) is 0 Å². The summed E-state index contributed by atoms with van der Waals surface area (Å²) >= 11 is 0. The molecule has 0 unspecified atom stereocenters. The van der Waals surface area contributed by atoms with Gasteiger partial charge in [-0.15, -0.1) is 0 Å². The number of phenols is 1. The molecule has 4 nitrogen and oxygen atoms in total. The Morgan fingerprint density at radius 3 is 2.71 bits per heavy atom. The lowest BCUT2D eigenvalue weighted by Crippen LogP contribution is -2.32. The molecule has 0 heterocycles. The van der Waals surface area contributed by atoms with Crippen molar-refractivity contribution in [2.24, 2.45) is 5.73 Å². The Morgan fingerprint density at radius 1 is 1.57 bits per heavy atom. The van der Waals surface area contributed by atoms with E-state index in [1.54, 1.807) is 0 Å². The number of halogens is 1. The van der Waals surface area contributed by atoms with Crippen LogP contribution in [0.4, 0.5) is 4.39 Å². The number of carboxylic acid groups (broad SMARTS) is 1. The summed E-state index contributed by atoms with van der Waals surface area (Å²) in [7, 11) is 0. The summed E-state index contributed by atoms with van der Waals surface area (Å²) in [4.78, 5) is 10.4. The van der Waals surface area contributed by atoms with E-state index in [0.717, 1.165) is 6.07 Å². The van der Waals surface area contributed by atoms with Gasteiger partial charge in [0.1, 0.15) is 6.04 Å². The van der Waals surface area contributed by atoms with Crippen molar-refractivity contribution in [3.63, 3.8) is 0 Å². The molecule has 5 heteroatoms. The average Bonchev–Trinajstić information content (AvgIpc) is 2.11. The topological polar surface area (TPSA) is 83.5 Å². The second kappa shape index (κ2) is 4.06. The Kier molecular flexibility index (Phi) is 3.03. The smallest absolute Gasteiger partial charge is 0.320 e. The second-order valence-corrected chi connectivity index (χ2v) is 2.93. The van der Waals surface area contributed by atoms with Crippen molar-refractivity contribution < 1.29 is 19.4 Å². The summed E-state index contributed by atoms with van der Waals surface area (Å²) in [6, 6.07) is 2.61. The predicted octanol–water partition coefficient (Wildman–Crippen LogP) is 0.486. The van der Waals surface area contributed by atoms with Crippen LogP contribution in [0, 0.1) is 5.82 Å². The molecular weight excluding hydrogens is 189 g/mol. The van der Waals surface area contributed by atoms with E-state index in [2.05, 4.69) is 0 Å². The van der Waals surface area contributed by atoms with Gasteiger partial charge in [-0.25, -0.2) is 4.39 Å². The van der Waals surface area contributed by atoms with Crippen LogP contribution in [-0.2, 0) is 11.2 Å². The minimum absolute atomic E-state index is 0.0343. The normalized spacial score (nSPS) is 12.4. The molecular formula is C9H10FNO3. The number of rotatable bonds is 3. The van der Waals surface area contributed by atoms with Gasteiger partial charge in [-0.2, -0.15) is 0 Å². The van der Waals surface area contributed by atoms with Crippen LogP contribution in [0.3, 0.4) is 0 Å². The first-order valence-corrected chi connectivity index (χ1v) is 3.96. The number of benzene rings is 1. The summed E-state index contributed by atoms with van der Waals surface area (Å²) in [5, 5.41) is 17.4. The second-order valence-electron chi connectivity index (χ2n) is 2.93. The molecule has 1 rings (SSSR count). The van der Waals surface area contributed by atoms with E-state index in [-0.39, 0.29) is 6.42 Å². The third-order valence-corrected chi connectivity index (χ3v) is 1.78. The van der Waals surface area contributed by atoms with E-state index in [4.69, 9.17) is 15.9 Å². The van der Waals surface area contributed by atoms with E-state index in [0.29, 0.717) is 5.56 Å². The highest BCUT2D eigenvalue weighted by molar-refractivity contribution is 5.73. The monoisotopic (exact) mass is 199 g/mol. The van der Waals surface area contributed by atoms with Gasteiger partial charge in [0, 0.05) is 0 Å². The van der Waals surface area contributed by atoms with Gasteiger partial charge in [0.15, 0.2) is 11.6 Å². The van der Waals surface area contributed by atoms with E-state index >= 15 is 0 Å². The molecule has 1 aromatic carbocycles. The van der Waals surface area contributed by atoms with Gasteiger partial charge in [0.25, 0.3) is 0 Å². The highest BCUT2D eigenvalue weighted by Crippen LogP contribution is 2.16. The van der Waals surface area contributed by atoms with E-state index in [1.165, 1.54) is 12.1 Å². The minimum atomic E-state index is -1.14. The van der Waals surface area contributed by atoms with Crippen molar-refractivity contribution in [1.82, 2.24) is 0 Å². The average molecular weight is 199 g/mol. The lowest BCUT2D eigenvalue weighted by Gasteiger charge is -2.06. The highest BCUT2D eigenvalue weighted by atomic mass is 19.1. The molecule has 0 amide bonds. The highest BCUT2D eigenvalue weighted by Gasteiger charge is 2.12. The lowest BCUT2D eigenvalue weighted by atomic mass is 10.1. The summed E-state index contributed by atoms with van der Waals surface area (Å²) in [5.41, 5.74) is 5.69. The van der Waals surface area contributed by atoms with Crippen LogP contribution in [0.5, 0.6) is 5.75 Å². The number of phenolic OH excluding ortho intramolecular Hbond substituents is 1. The van der Waals surface area contributed by atoms with Crippen LogP contribution >= 0.6 is 0 Å². The molecule has 1 atom stereocenters. The molecule has 1 aromatic rings. The van der Waals surface area contributed by atoms with Crippen molar-refractivity contribution in [2.75, 3.05) is 0 Å². The molecule has 0 aromatic heterocycles. The molecule has 4 N–H and O–H groups in total. The van der Waals surface area contributed by atoms with Crippen LogP contribution in [0.1, 0.15) is 5.56 Å². The first-order chi connectivity index (χ1) is 6.50. The Labute approximate surface area is 79.8 Å². The number of carboxylic acids is 1. The van der Waals surface area contributed by atoms with Gasteiger partial charge in [-0.3, -0.25) is 4.79 Å². The Bertz CT molecular complexity index is 354. The fraction of sp³-hybridized carbons (Fsp3) is 0.222. The SMILES string of the molecule is N[C@H](Cc1ccc(O)c(F)c1)C(=O)O. The number of aromatic hydroxyl groups is 1. The van der Waals surface area contributed by atoms with Crippen LogP contribution in [-0.4, -0.2) is 22.2 Å². The molecule has 0 spiro atoms. The lowest BCUT2D eigenvalue weighted by molar-refractivity contribution is -0.138. The third-order valence-electron chi connectivity index (χ3n) is 1.78. The Morgan fingerprint density at radius 2 is 2.21 bits per heavy atom. The fourth-order valence-corrected chi connectivity index (χ4v) is 1.02. The zero-order valence-corrected chi connectivity index (χ0v) is 7.27. The number of nitrogens with two attached hydrogens (primary N) is 1. The van der Waals surface area contributed by atoms with Gasteiger partial charge in [0.05, 0.1) is 0 Å². The van der Waals surface area contributed by atoms with Crippen LogP contribution in [0.25, 0.3) is 0 Å². The molecule has 76 valence electrons. The maximum Gasteiger partial charge on any atom is 0.320 e. The van der Waals surface area contributed by atoms with Crippen LogP contribution < -0.4 is 5.73 Å². The Hall–Kier alpha value is -1.62. The molecule has 0 radical (unpaired) electrons. The number of hydrogen-bond donors (Lipinski definition) is 3. The first kappa shape index (κ1) is 10.5. The van der Waals surface area contributed by atoms with Gasteiger partial charge in [-0.1, -0.05) is 6.07 Å². The van der Waals surface area contributed by atoms with Crippen LogP contribution in [0.2, 0.25) is 0 Å². The molecule has 0 saturated heterocycles. The molecule has 0 saturated carbocycles. The fourth-order valence-electron chi connectivity index (χ4n) is 1.02. The van der Waals surface area contributed by atoms with Gasteiger partial charge >= 0.3 is 5.97 Å². The molecule has 0 aliphatic carbocycles. The molecule has 0 fully saturated rings. The Balaban J connectivity index is 2.78. The quantitative estimate of drug-likeness (QED) is 0.661. The summed E-state index contributed by atoms with van der Waals surface area (Å²) in [6.07, 6.45) is 0.0343. The third kappa shape index (κ3) is 2.43. The van der Waals surface area contributed by atoms with E-state index in [9.17, 15) is 9.18 Å². The van der Waals surface area contributed by atoms with E-state index in [1.807, 2.05) is 0 Å². The van der Waals surface area contributed by atoms with Gasteiger partial charge in [-0.05, 0) is 24.1 Å². The maximum atomic E-state index is 12.8. The summed E-state index contributed by atoms with van der Waals surface area (Å²) in [6.45, 7) is 0. The van der Waals surface area contributed by atoms with Crippen LogP contribution in [0.15, 0.2) is 18.2 Å². The predicted molar refractivity (Wildman–Crippen MR) is 47.4 cm³/mol. The zero-order chi connectivity index (χ0) is 10.7. The standard InChI is InChI=1S/C9H10FNO3/c10-6-3-5(1-2-8(6)12)4-7(11)9(13)14/h1-3,7,12H,4,11H2,(H,13,14)/t7-/m1/s1. The minimum Gasteiger partial charge on any atom is -0.505 e. The summed E-state index contributed by atoms with van der Waals surface area (Å²) < 4.78 is 12.8. The van der Waals surface area contributed by atoms with Crippen molar-refractivity contribution in [3.05, 3.63) is 29.6 Å². The van der Waals surface area contributed by atoms with E-state index < -0.39 is 23.6 Å². The molecule has 0 aliphatic heterocycles. The van der Waals surface area contributed by atoms with Crippen molar-refractivity contribution in [3.8, 4) is 5.75 Å². The summed E-state index contributed by atoms with van der Waals surface area (Å²) in [5.74, 6) is -2.38. The maximum absolute atomic E-state index is 12.8. The number of carbonyl (C=O) groups is 1. The first-order valence-electron chi connectivity index (χ1n) is 3.96. The molecule has 0 aliphatic rings.